The summed E-state index contributed by atoms with van der Waals surface area (Å²) in [5.41, 5.74) is -7.84. The Labute approximate surface area is 341 Å². The van der Waals surface area contributed by atoms with Crippen LogP contribution in [0.2, 0.25) is 0 Å². The number of methoxy groups -OCH3 is 2. The number of amides is 3. The van der Waals surface area contributed by atoms with Crippen molar-refractivity contribution in [2.45, 2.75) is 157 Å². The average Bonchev–Trinajstić information content (AvgIpc) is 3.42. The number of carboxylic acid groups (broad SMARTS) is 1. The zero-order chi connectivity index (χ0) is 47.1. The lowest BCUT2D eigenvalue weighted by Gasteiger charge is -2.32. The quantitative estimate of drug-likeness (QED) is 0.171. The van der Waals surface area contributed by atoms with E-state index >= 15 is 0 Å². The van der Waals surface area contributed by atoms with Crippen LogP contribution in [0.3, 0.4) is 0 Å². The predicted molar refractivity (Wildman–Crippen MR) is 198 cm³/mol. The number of likely N-dealkylation sites (tertiary alicyclic amines) is 3. The van der Waals surface area contributed by atoms with E-state index in [-0.39, 0.29) is 0 Å². The molecule has 3 rings (SSSR count). The Morgan fingerprint density at radius 2 is 0.678 bits per heavy atom. The molecule has 3 heterocycles. The summed E-state index contributed by atoms with van der Waals surface area (Å²) in [5, 5.41) is 9.12. The molecule has 0 aromatic heterocycles. The molecule has 3 aliphatic rings. The van der Waals surface area contributed by atoms with Gasteiger partial charge in [0.2, 0.25) is 0 Å². The summed E-state index contributed by atoms with van der Waals surface area (Å²) in [6, 6.07) is -4.37. The molecule has 342 valence electrons. The van der Waals surface area contributed by atoms with Gasteiger partial charge in [-0.15, -0.1) is 0 Å². The molecule has 59 heavy (non-hydrogen) atoms. The molecule has 3 saturated heterocycles. The van der Waals surface area contributed by atoms with Gasteiger partial charge in [-0.3, -0.25) is 14.7 Å². The van der Waals surface area contributed by atoms with E-state index in [0.717, 1.165) is 37.9 Å². The summed E-state index contributed by atoms with van der Waals surface area (Å²) in [6.45, 7) is 19.0. The molecule has 15 nitrogen and oxygen atoms in total. The molecular formula is C38H61F6N3O12. The Hall–Kier alpha value is -4.20. The maximum atomic E-state index is 14.1. The molecule has 3 atom stereocenters. The molecule has 21 heteroatoms. The van der Waals surface area contributed by atoms with Crippen LogP contribution >= 0.6 is 0 Å². The topological polar surface area (TPSA) is 179 Å². The van der Waals surface area contributed by atoms with Crippen molar-refractivity contribution in [3.8, 4) is 0 Å². The van der Waals surface area contributed by atoms with Crippen LogP contribution in [0.15, 0.2) is 0 Å². The van der Waals surface area contributed by atoms with Gasteiger partial charge in [-0.25, -0.2) is 55.1 Å². The monoisotopic (exact) mass is 865 g/mol. The van der Waals surface area contributed by atoms with Crippen LogP contribution in [-0.4, -0.2) is 143 Å². The number of carboxylic acids is 1. The minimum atomic E-state index is -3.28. The van der Waals surface area contributed by atoms with Crippen molar-refractivity contribution in [1.82, 2.24) is 14.7 Å². The standard InChI is InChI=1S/2C13H21F2NO4.C12H19F2NO4/c2*1-11(2,3)20-10(18)16-7-13(14,15)12(4,5)8(16)9(17)19-6;1-10(2,3)19-9(18)15-6-12(13,14)11(4,5)7(15)8(16)17/h2*8H,7H2,1-6H3;7H,6H2,1-5H3,(H,16,17). The second kappa shape index (κ2) is 17.0. The summed E-state index contributed by atoms with van der Waals surface area (Å²) >= 11 is 0. The zero-order valence-corrected chi connectivity index (χ0v) is 36.9. The van der Waals surface area contributed by atoms with Crippen LogP contribution in [0.1, 0.15) is 104 Å². The number of rotatable bonds is 3. The number of alkyl halides is 6. The van der Waals surface area contributed by atoms with Crippen molar-refractivity contribution < 1.29 is 83.9 Å². The van der Waals surface area contributed by atoms with Crippen molar-refractivity contribution in [3.05, 3.63) is 0 Å². The molecule has 3 amide bonds. The molecule has 3 aliphatic heterocycles. The molecular weight excluding hydrogens is 804 g/mol. The molecule has 0 aromatic rings. The number of halogens is 6. The highest BCUT2D eigenvalue weighted by Gasteiger charge is 2.67. The first-order valence-electron chi connectivity index (χ1n) is 18.5. The largest absolute Gasteiger partial charge is 0.480 e. The number of hydrogen-bond acceptors (Lipinski definition) is 11. The summed E-state index contributed by atoms with van der Waals surface area (Å²) in [6.07, 6.45) is -2.93. The van der Waals surface area contributed by atoms with Crippen LogP contribution in [0.25, 0.3) is 0 Å². The fraction of sp³-hybridized carbons (Fsp3) is 0.842. The van der Waals surface area contributed by atoms with Crippen LogP contribution in [0, 0.1) is 16.2 Å². The maximum absolute atomic E-state index is 14.1. The van der Waals surface area contributed by atoms with E-state index in [1.54, 1.807) is 62.3 Å². The SMILES string of the molecule is CC(C)(C)OC(=O)N1CC(F)(F)C(C)(C)C1C(=O)O.COC(=O)C1N(C(=O)OC(C)(C)C)CC(F)(F)C1(C)C.COC(=O)C1N(C(=O)OC(C)(C)C)CC(F)(F)C1(C)C. The number of esters is 2. The third-order valence-electron chi connectivity index (χ3n) is 9.89. The second-order valence-electron chi connectivity index (χ2n) is 19.2. The van der Waals surface area contributed by atoms with Crippen molar-refractivity contribution >= 4 is 36.2 Å². The third kappa shape index (κ3) is 11.8. The van der Waals surface area contributed by atoms with Gasteiger partial charge >= 0.3 is 36.2 Å². The first-order chi connectivity index (χ1) is 26.0. The Bertz CT molecular complexity index is 1520. The Balaban J connectivity index is 0.000000443. The average molecular weight is 866 g/mol. The van der Waals surface area contributed by atoms with Gasteiger partial charge in [-0.05, 0) is 62.3 Å². The third-order valence-corrected chi connectivity index (χ3v) is 9.89. The van der Waals surface area contributed by atoms with E-state index in [4.69, 9.17) is 19.3 Å². The van der Waals surface area contributed by atoms with Crippen LogP contribution < -0.4 is 0 Å². The minimum absolute atomic E-state index is 0.591. The van der Waals surface area contributed by atoms with Crippen molar-refractivity contribution in [1.29, 1.82) is 0 Å². The molecule has 0 spiro atoms. The van der Waals surface area contributed by atoms with Gasteiger partial charge in [0.1, 0.15) is 34.9 Å². The fourth-order valence-corrected chi connectivity index (χ4v) is 6.28. The lowest BCUT2D eigenvalue weighted by molar-refractivity contribution is -0.153. The van der Waals surface area contributed by atoms with E-state index in [2.05, 4.69) is 9.47 Å². The summed E-state index contributed by atoms with van der Waals surface area (Å²) in [4.78, 5) is 72.8. The minimum Gasteiger partial charge on any atom is -0.480 e. The van der Waals surface area contributed by atoms with Crippen molar-refractivity contribution in [3.63, 3.8) is 0 Å². The molecule has 3 fully saturated rings. The van der Waals surface area contributed by atoms with Gasteiger partial charge in [0, 0.05) is 0 Å². The number of ether oxygens (including phenoxy) is 5. The number of carbonyl (C=O) groups is 6. The molecule has 1 N–H and O–H groups in total. The highest BCUT2D eigenvalue weighted by atomic mass is 19.3. The number of aliphatic carboxylic acids is 1. The maximum Gasteiger partial charge on any atom is 0.411 e. The highest BCUT2D eigenvalue weighted by molar-refractivity contribution is 5.85. The first-order valence-corrected chi connectivity index (χ1v) is 18.5. The summed E-state index contributed by atoms with van der Waals surface area (Å²) in [7, 11) is 2.20. The van der Waals surface area contributed by atoms with Gasteiger partial charge in [0.15, 0.2) is 0 Å². The molecule has 0 radical (unpaired) electrons. The summed E-state index contributed by atoms with van der Waals surface area (Å²) < 4.78 is 108. The zero-order valence-electron chi connectivity index (χ0n) is 36.9. The van der Waals surface area contributed by atoms with Crippen molar-refractivity contribution in [2.24, 2.45) is 16.2 Å². The lowest BCUT2D eigenvalue weighted by atomic mass is 9.82. The first kappa shape index (κ1) is 52.8. The molecule has 0 saturated carbocycles. The molecule has 3 unspecified atom stereocenters. The van der Waals surface area contributed by atoms with Crippen molar-refractivity contribution in [2.75, 3.05) is 33.9 Å². The Morgan fingerprint density at radius 1 is 0.475 bits per heavy atom. The summed E-state index contributed by atoms with van der Waals surface area (Å²) in [5.74, 6) is -12.9. The Morgan fingerprint density at radius 3 is 0.864 bits per heavy atom. The number of carbonyl (C=O) groups excluding carboxylic acids is 5. The van der Waals surface area contributed by atoms with Crippen LogP contribution in [0.4, 0.5) is 40.7 Å². The second-order valence-corrected chi connectivity index (χ2v) is 19.2. The van der Waals surface area contributed by atoms with E-state index < -0.39 is 125 Å². The highest BCUT2D eigenvalue weighted by Crippen LogP contribution is 2.50. The van der Waals surface area contributed by atoms with Gasteiger partial charge in [-0.1, -0.05) is 41.5 Å². The molecule has 0 aromatic carbocycles. The van der Waals surface area contributed by atoms with E-state index in [1.807, 2.05) is 0 Å². The van der Waals surface area contributed by atoms with E-state index in [9.17, 15) is 55.1 Å². The number of nitrogens with zero attached hydrogens (tertiary/aromatic N) is 3. The predicted octanol–water partition coefficient (Wildman–Crippen LogP) is 7.23. The van der Waals surface area contributed by atoms with Crippen LogP contribution in [-0.2, 0) is 38.1 Å². The van der Waals surface area contributed by atoms with E-state index in [0.29, 0.717) is 4.90 Å². The van der Waals surface area contributed by atoms with Gasteiger partial charge < -0.3 is 28.8 Å². The van der Waals surface area contributed by atoms with Gasteiger partial charge in [-0.2, -0.15) is 0 Å². The molecule has 0 bridgehead atoms. The van der Waals surface area contributed by atoms with Gasteiger partial charge in [0.05, 0.1) is 50.1 Å². The fourth-order valence-electron chi connectivity index (χ4n) is 6.28. The lowest BCUT2D eigenvalue weighted by Crippen LogP contribution is -2.49. The molecule has 0 aliphatic carbocycles. The van der Waals surface area contributed by atoms with Crippen LogP contribution in [0.5, 0.6) is 0 Å². The van der Waals surface area contributed by atoms with E-state index in [1.165, 1.54) is 27.7 Å². The number of hydrogen-bond donors (Lipinski definition) is 1. The smallest absolute Gasteiger partial charge is 0.411 e. The van der Waals surface area contributed by atoms with Gasteiger partial charge in [0.25, 0.3) is 17.8 Å². The normalized spacial score (nSPS) is 24.7. The Kier molecular flexibility index (Phi) is 15.3.